The Labute approximate surface area is 124 Å². The third-order valence-electron chi connectivity index (χ3n) is 3.82. The van der Waals surface area contributed by atoms with Crippen molar-refractivity contribution in [2.45, 2.75) is 39.7 Å². The van der Waals surface area contributed by atoms with Gasteiger partial charge in [0.25, 0.3) is 0 Å². The van der Waals surface area contributed by atoms with Crippen molar-refractivity contribution in [1.82, 2.24) is 15.5 Å². The van der Waals surface area contributed by atoms with E-state index in [1.165, 1.54) is 25.9 Å². The van der Waals surface area contributed by atoms with Gasteiger partial charge in [0.2, 0.25) is 0 Å². The van der Waals surface area contributed by atoms with E-state index in [4.69, 9.17) is 4.74 Å². The summed E-state index contributed by atoms with van der Waals surface area (Å²) in [5.41, 5.74) is 0. The highest BCUT2D eigenvalue weighted by molar-refractivity contribution is 5.79. The smallest absolute Gasteiger partial charge is 0.191 e. The maximum Gasteiger partial charge on any atom is 0.191 e. The molecule has 0 spiro atoms. The Kier molecular flexibility index (Phi) is 8.62. The van der Waals surface area contributed by atoms with E-state index in [9.17, 15) is 0 Å². The number of nitrogens with one attached hydrogen (secondary N) is 2. The summed E-state index contributed by atoms with van der Waals surface area (Å²) < 4.78 is 5.32. The van der Waals surface area contributed by atoms with Crippen LogP contribution in [0.4, 0.5) is 0 Å². The maximum absolute atomic E-state index is 5.32. The Morgan fingerprint density at radius 1 is 1.25 bits per heavy atom. The minimum Gasteiger partial charge on any atom is -0.380 e. The van der Waals surface area contributed by atoms with Crippen molar-refractivity contribution >= 4 is 5.96 Å². The molecule has 0 aliphatic carbocycles. The van der Waals surface area contributed by atoms with Gasteiger partial charge in [-0.05, 0) is 38.8 Å². The molecule has 0 radical (unpaired) electrons. The van der Waals surface area contributed by atoms with E-state index in [0.29, 0.717) is 12.0 Å². The third-order valence-corrected chi connectivity index (χ3v) is 3.82. The summed E-state index contributed by atoms with van der Waals surface area (Å²) in [6.45, 7) is 12.3. The van der Waals surface area contributed by atoms with Crippen molar-refractivity contribution < 1.29 is 4.74 Å². The second-order valence-corrected chi connectivity index (χ2v) is 5.63. The molecule has 1 aliphatic heterocycles. The number of nitrogens with zero attached hydrogens (tertiary/aromatic N) is 2. The van der Waals surface area contributed by atoms with Crippen molar-refractivity contribution in [2.75, 3.05) is 46.4 Å². The second kappa shape index (κ2) is 10.00. The van der Waals surface area contributed by atoms with E-state index < -0.39 is 0 Å². The van der Waals surface area contributed by atoms with Gasteiger partial charge in [0.1, 0.15) is 0 Å². The Hall–Kier alpha value is -0.810. The van der Waals surface area contributed by atoms with Gasteiger partial charge >= 0.3 is 0 Å². The Morgan fingerprint density at radius 3 is 2.50 bits per heavy atom. The topological polar surface area (TPSA) is 48.9 Å². The van der Waals surface area contributed by atoms with E-state index in [1.807, 2.05) is 14.0 Å². The number of aliphatic imine (C=N–C) groups is 1. The van der Waals surface area contributed by atoms with Crippen LogP contribution in [0, 0.1) is 5.92 Å². The van der Waals surface area contributed by atoms with E-state index in [1.54, 1.807) is 0 Å². The van der Waals surface area contributed by atoms with Crippen LogP contribution < -0.4 is 10.6 Å². The highest BCUT2D eigenvalue weighted by Crippen LogP contribution is 2.16. The summed E-state index contributed by atoms with van der Waals surface area (Å²) in [5, 5.41) is 6.73. The standard InChI is InChI=1S/C15H32N4O/c1-5-20-11-8-17-15(16-4)18-12-14(13(2)3)19-9-6-7-10-19/h13-14H,5-12H2,1-4H3,(H2,16,17,18). The molecular weight excluding hydrogens is 252 g/mol. The molecule has 1 saturated heterocycles. The average Bonchev–Trinajstić information content (AvgIpc) is 2.95. The number of guanidine groups is 1. The average molecular weight is 284 g/mol. The molecule has 0 bridgehead atoms. The zero-order chi connectivity index (χ0) is 14.8. The van der Waals surface area contributed by atoms with Gasteiger partial charge in [0, 0.05) is 32.8 Å². The highest BCUT2D eigenvalue weighted by Gasteiger charge is 2.24. The molecule has 5 nitrogen and oxygen atoms in total. The molecule has 1 fully saturated rings. The monoisotopic (exact) mass is 284 g/mol. The van der Waals surface area contributed by atoms with Crippen LogP contribution in [0.15, 0.2) is 4.99 Å². The lowest BCUT2D eigenvalue weighted by molar-refractivity contribution is 0.152. The summed E-state index contributed by atoms with van der Waals surface area (Å²) in [6, 6.07) is 0.586. The lowest BCUT2D eigenvalue weighted by Gasteiger charge is -2.31. The number of likely N-dealkylation sites (tertiary alicyclic amines) is 1. The van der Waals surface area contributed by atoms with E-state index in [2.05, 4.69) is 34.4 Å². The molecule has 1 unspecified atom stereocenters. The third kappa shape index (κ3) is 6.09. The first-order valence-corrected chi connectivity index (χ1v) is 7.95. The Morgan fingerprint density at radius 2 is 1.95 bits per heavy atom. The zero-order valence-corrected chi connectivity index (χ0v) is 13.6. The number of hydrogen-bond acceptors (Lipinski definition) is 3. The number of hydrogen-bond donors (Lipinski definition) is 2. The van der Waals surface area contributed by atoms with Gasteiger partial charge < -0.3 is 15.4 Å². The number of ether oxygens (including phenoxy) is 1. The molecule has 1 rings (SSSR count). The van der Waals surface area contributed by atoms with Crippen molar-refractivity contribution in [3.05, 3.63) is 0 Å². The normalized spacial score (nSPS) is 18.6. The SMILES string of the molecule is CCOCCNC(=NC)NCC(C(C)C)N1CCCC1. The fraction of sp³-hybridized carbons (Fsp3) is 0.933. The quantitative estimate of drug-likeness (QED) is 0.401. The molecule has 0 amide bonds. The fourth-order valence-corrected chi connectivity index (χ4v) is 2.67. The minimum atomic E-state index is 0.586. The molecule has 1 aliphatic rings. The summed E-state index contributed by atoms with van der Waals surface area (Å²) in [4.78, 5) is 6.87. The predicted octanol–water partition coefficient (Wildman–Crippen LogP) is 1.31. The summed E-state index contributed by atoms with van der Waals surface area (Å²) >= 11 is 0. The molecule has 0 aromatic carbocycles. The van der Waals surface area contributed by atoms with Gasteiger partial charge in [-0.1, -0.05) is 13.8 Å². The van der Waals surface area contributed by atoms with Crippen LogP contribution in [0.5, 0.6) is 0 Å². The molecule has 0 aromatic rings. The summed E-state index contributed by atoms with van der Waals surface area (Å²) in [5.74, 6) is 1.52. The van der Waals surface area contributed by atoms with Crippen molar-refractivity contribution in [2.24, 2.45) is 10.9 Å². The van der Waals surface area contributed by atoms with E-state index >= 15 is 0 Å². The highest BCUT2D eigenvalue weighted by atomic mass is 16.5. The van der Waals surface area contributed by atoms with E-state index in [0.717, 1.165) is 32.3 Å². The first-order chi connectivity index (χ1) is 9.69. The van der Waals surface area contributed by atoms with Crippen molar-refractivity contribution in [1.29, 1.82) is 0 Å². The number of rotatable bonds is 8. The maximum atomic E-state index is 5.32. The molecule has 1 atom stereocenters. The van der Waals surface area contributed by atoms with Gasteiger partial charge in [0.05, 0.1) is 6.61 Å². The lowest BCUT2D eigenvalue weighted by Crippen LogP contribution is -2.49. The molecule has 2 N–H and O–H groups in total. The van der Waals surface area contributed by atoms with Gasteiger partial charge in [0.15, 0.2) is 5.96 Å². The largest absolute Gasteiger partial charge is 0.380 e. The lowest BCUT2D eigenvalue weighted by atomic mass is 10.0. The molecule has 20 heavy (non-hydrogen) atoms. The second-order valence-electron chi connectivity index (χ2n) is 5.63. The van der Waals surface area contributed by atoms with Crippen LogP contribution in [0.2, 0.25) is 0 Å². The summed E-state index contributed by atoms with van der Waals surface area (Å²) in [6.07, 6.45) is 2.68. The molecule has 118 valence electrons. The first-order valence-electron chi connectivity index (χ1n) is 7.95. The zero-order valence-electron chi connectivity index (χ0n) is 13.6. The Balaban J connectivity index is 2.32. The van der Waals surface area contributed by atoms with Crippen LogP contribution >= 0.6 is 0 Å². The van der Waals surface area contributed by atoms with Crippen LogP contribution in [-0.4, -0.2) is 63.3 Å². The van der Waals surface area contributed by atoms with E-state index in [-0.39, 0.29) is 0 Å². The van der Waals surface area contributed by atoms with Crippen LogP contribution in [0.1, 0.15) is 33.6 Å². The molecule has 0 saturated carbocycles. The predicted molar refractivity (Wildman–Crippen MR) is 85.3 cm³/mol. The van der Waals surface area contributed by atoms with Gasteiger partial charge in [-0.25, -0.2) is 0 Å². The summed E-state index contributed by atoms with van der Waals surface area (Å²) in [7, 11) is 1.82. The minimum absolute atomic E-state index is 0.586. The molecule has 5 heteroatoms. The van der Waals surface area contributed by atoms with Crippen LogP contribution in [0.25, 0.3) is 0 Å². The first kappa shape index (κ1) is 17.2. The van der Waals surface area contributed by atoms with Gasteiger partial charge in [-0.15, -0.1) is 0 Å². The van der Waals surface area contributed by atoms with Crippen LogP contribution in [0.3, 0.4) is 0 Å². The fourth-order valence-electron chi connectivity index (χ4n) is 2.67. The van der Waals surface area contributed by atoms with Gasteiger partial charge in [-0.3, -0.25) is 9.89 Å². The Bertz CT molecular complexity index is 275. The molecular formula is C15H32N4O. The van der Waals surface area contributed by atoms with Crippen molar-refractivity contribution in [3.8, 4) is 0 Å². The van der Waals surface area contributed by atoms with Gasteiger partial charge in [-0.2, -0.15) is 0 Å². The molecule has 0 aromatic heterocycles. The molecule has 1 heterocycles. The van der Waals surface area contributed by atoms with Crippen LogP contribution in [-0.2, 0) is 4.74 Å². The van der Waals surface area contributed by atoms with Crippen molar-refractivity contribution in [3.63, 3.8) is 0 Å².